The van der Waals surface area contributed by atoms with Gasteiger partial charge in [-0.15, -0.1) is 15.3 Å². The summed E-state index contributed by atoms with van der Waals surface area (Å²) in [6.07, 6.45) is -0.837. The van der Waals surface area contributed by atoms with Crippen molar-refractivity contribution in [1.29, 1.82) is 0 Å². The van der Waals surface area contributed by atoms with Gasteiger partial charge in [-0.1, -0.05) is 5.16 Å². The lowest BCUT2D eigenvalue weighted by molar-refractivity contribution is 0.137. The number of nitrogens with zero attached hydrogens (tertiary/aromatic N) is 6. The molecule has 9 heteroatoms. The van der Waals surface area contributed by atoms with Crippen LogP contribution in [0, 0.1) is 6.92 Å². The molecule has 3 aromatic rings. The summed E-state index contributed by atoms with van der Waals surface area (Å²) in [5.74, 6) is 0.895. The lowest BCUT2D eigenvalue weighted by Crippen LogP contribution is -2.24. The van der Waals surface area contributed by atoms with Crippen LogP contribution in [0.25, 0.3) is 5.65 Å². The molecule has 4 heterocycles. The summed E-state index contributed by atoms with van der Waals surface area (Å²) >= 11 is 0. The third-order valence-corrected chi connectivity index (χ3v) is 4.00. The molecular formula is C14H14F2N6O. The molecule has 3 aromatic heterocycles. The molecule has 1 unspecified atom stereocenters. The topological polar surface area (TPSA) is 72.4 Å². The molecule has 0 aliphatic carbocycles. The van der Waals surface area contributed by atoms with E-state index >= 15 is 0 Å². The zero-order chi connectivity index (χ0) is 16.0. The van der Waals surface area contributed by atoms with E-state index in [1.165, 1.54) is 0 Å². The predicted octanol–water partition coefficient (Wildman–Crippen LogP) is 2.70. The Balaban J connectivity index is 1.74. The second-order valence-corrected chi connectivity index (χ2v) is 5.53. The number of hydrogen-bond acceptors (Lipinski definition) is 6. The molecular weight excluding hydrogens is 306 g/mol. The van der Waals surface area contributed by atoms with Crippen LogP contribution in [0.1, 0.15) is 42.6 Å². The van der Waals surface area contributed by atoms with Crippen molar-refractivity contribution in [1.82, 2.24) is 25.0 Å². The van der Waals surface area contributed by atoms with E-state index in [0.29, 0.717) is 11.5 Å². The fraction of sp³-hybridized carbons (Fsp3) is 0.429. The largest absolute Gasteiger partial charge is 0.361 e. The van der Waals surface area contributed by atoms with E-state index in [9.17, 15) is 8.78 Å². The predicted molar refractivity (Wildman–Crippen MR) is 76.3 cm³/mol. The van der Waals surface area contributed by atoms with Crippen LogP contribution in [-0.4, -0.2) is 31.5 Å². The van der Waals surface area contributed by atoms with Crippen molar-refractivity contribution in [2.24, 2.45) is 0 Å². The average Bonchev–Trinajstić information content (AvgIpc) is 3.24. The smallest absolute Gasteiger partial charge is 0.299 e. The molecule has 0 aromatic carbocycles. The number of anilines is 1. The summed E-state index contributed by atoms with van der Waals surface area (Å²) in [7, 11) is 0. The maximum absolute atomic E-state index is 13.0. The monoisotopic (exact) mass is 320 g/mol. The Morgan fingerprint density at radius 3 is 2.91 bits per heavy atom. The highest BCUT2D eigenvalue weighted by atomic mass is 19.3. The van der Waals surface area contributed by atoms with Gasteiger partial charge in [-0.2, -0.15) is 4.52 Å². The highest BCUT2D eigenvalue weighted by molar-refractivity contribution is 5.48. The normalized spacial score (nSPS) is 18.4. The van der Waals surface area contributed by atoms with Crippen molar-refractivity contribution in [2.75, 3.05) is 11.4 Å². The highest BCUT2D eigenvalue weighted by Crippen LogP contribution is 2.35. The van der Waals surface area contributed by atoms with Crippen LogP contribution in [-0.2, 0) is 0 Å². The van der Waals surface area contributed by atoms with Crippen molar-refractivity contribution in [2.45, 2.75) is 32.2 Å². The molecule has 1 aliphatic rings. The minimum absolute atomic E-state index is 0.0314. The van der Waals surface area contributed by atoms with Crippen LogP contribution in [0.5, 0.6) is 0 Å². The molecule has 120 valence electrons. The third kappa shape index (κ3) is 2.32. The molecule has 0 saturated carbocycles. The van der Waals surface area contributed by atoms with E-state index in [0.717, 1.165) is 35.4 Å². The van der Waals surface area contributed by atoms with Gasteiger partial charge in [0.1, 0.15) is 17.3 Å². The molecule has 1 saturated heterocycles. The van der Waals surface area contributed by atoms with Gasteiger partial charge in [0.15, 0.2) is 5.65 Å². The van der Waals surface area contributed by atoms with Crippen LogP contribution < -0.4 is 4.90 Å². The van der Waals surface area contributed by atoms with Crippen LogP contribution in [0.15, 0.2) is 22.7 Å². The van der Waals surface area contributed by atoms with Gasteiger partial charge in [-0.05, 0) is 31.9 Å². The van der Waals surface area contributed by atoms with Gasteiger partial charge in [0.05, 0.1) is 6.04 Å². The Hall–Kier alpha value is -2.58. The van der Waals surface area contributed by atoms with Crippen LogP contribution in [0.3, 0.4) is 0 Å². The Morgan fingerprint density at radius 2 is 2.17 bits per heavy atom. The van der Waals surface area contributed by atoms with Crippen molar-refractivity contribution in [3.63, 3.8) is 0 Å². The van der Waals surface area contributed by atoms with Crippen molar-refractivity contribution in [3.8, 4) is 0 Å². The van der Waals surface area contributed by atoms with Gasteiger partial charge in [0.2, 0.25) is 5.82 Å². The second-order valence-electron chi connectivity index (χ2n) is 5.53. The van der Waals surface area contributed by atoms with Crippen molar-refractivity contribution >= 4 is 11.5 Å². The minimum Gasteiger partial charge on any atom is -0.361 e. The fourth-order valence-corrected chi connectivity index (χ4v) is 2.98. The van der Waals surface area contributed by atoms with E-state index in [1.807, 2.05) is 17.9 Å². The number of halogens is 2. The average molecular weight is 320 g/mol. The molecule has 1 atom stereocenters. The van der Waals surface area contributed by atoms with Gasteiger partial charge in [-0.3, -0.25) is 0 Å². The first kappa shape index (κ1) is 14.0. The van der Waals surface area contributed by atoms with Gasteiger partial charge in [0.25, 0.3) is 6.43 Å². The summed E-state index contributed by atoms with van der Waals surface area (Å²) in [5, 5.41) is 15.6. The quantitative estimate of drug-likeness (QED) is 0.739. The zero-order valence-corrected chi connectivity index (χ0v) is 12.4. The molecule has 23 heavy (non-hydrogen) atoms. The number of hydrogen-bond donors (Lipinski definition) is 0. The lowest BCUT2D eigenvalue weighted by atomic mass is 10.1. The zero-order valence-electron chi connectivity index (χ0n) is 12.4. The SMILES string of the molecule is Cc1cc(C2CCCN2c2ccc3nnc(C(F)F)n3n2)no1. The first-order valence-electron chi connectivity index (χ1n) is 7.34. The van der Waals surface area contributed by atoms with Gasteiger partial charge >= 0.3 is 0 Å². The number of alkyl halides is 2. The highest BCUT2D eigenvalue weighted by Gasteiger charge is 2.30. The molecule has 0 N–H and O–H groups in total. The number of aryl methyl sites for hydroxylation is 1. The van der Waals surface area contributed by atoms with Gasteiger partial charge < -0.3 is 9.42 Å². The van der Waals surface area contributed by atoms with E-state index in [2.05, 4.69) is 20.5 Å². The third-order valence-electron chi connectivity index (χ3n) is 4.00. The van der Waals surface area contributed by atoms with Crippen molar-refractivity contribution < 1.29 is 13.3 Å². The molecule has 0 radical (unpaired) electrons. The Kier molecular flexibility index (Phi) is 3.21. The van der Waals surface area contributed by atoms with Crippen molar-refractivity contribution in [3.05, 3.63) is 35.5 Å². The summed E-state index contributed by atoms with van der Waals surface area (Å²) in [6, 6.07) is 5.34. The summed E-state index contributed by atoms with van der Waals surface area (Å²) in [5.41, 5.74) is 1.14. The molecule has 1 aliphatic heterocycles. The van der Waals surface area contributed by atoms with Crippen LogP contribution in [0.4, 0.5) is 14.6 Å². The number of rotatable bonds is 3. The minimum atomic E-state index is -2.72. The summed E-state index contributed by atoms with van der Waals surface area (Å²) in [4.78, 5) is 2.05. The van der Waals surface area contributed by atoms with Crippen LogP contribution in [0.2, 0.25) is 0 Å². The van der Waals surface area contributed by atoms with E-state index in [4.69, 9.17) is 4.52 Å². The Bertz CT molecular complexity index is 845. The van der Waals surface area contributed by atoms with E-state index in [1.54, 1.807) is 12.1 Å². The first-order valence-corrected chi connectivity index (χ1v) is 7.34. The molecule has 0 amide bonds. The fourth-order valence-electron chi connectivity index (χ4n) is 2.98. The Morgan fingerprint density at radius 1 is 1.30 bits per heavy atom. The number of fused-ring (bicyclic) bond motifs is 1. The molecule has 4 rings (SSSR count). The molecule has 1 fully saturated rings. The lowest BCUT2D eigenvalue weighted by Gasteiger charge is -2.23. The summed E-state index contributed by atoms with van der Waals surface area (Å²) < 4.78 is 32.2. The maximum atomic E-state index is 13.0. The first-order chi connectivity index (χ1) is 11.1. The number of aromatic nitrogens is 5. The molecule has 7 nitrogen and oxygen atoms in total. The Labute approximate surface area is 129 Å². The summed E-state index contributed by atoms with van der Waals surface area (Å²) in [6.45, 7) is 2.62. The maximum Gasteiger partial charge on any atom is 0.299 e. The standard InChI is InChI=1S/C14H14F2N6O/c1-8-7-9(20-23-8)10-3-2-6-21(10)12-5-4-11-17-18-14(13(15)16)22(11)19-12/h4-5,7,10,13H,2-3,6H2,1H3. The van der Waals surface area contributed by atoms with E-state index < -0.39 is 12.2 Å². The van der Waals surface area contributed by atoms with Gasteiger partial charge in [-0.25, -0.2) is 8.78 Å². The second kappa shape index (κ2) is 5.25. The molecule has 0 spiro atoms. The van der Waals surface area contributed by atoms with Gasteiger partial charge in [0, 0.05) is 12.6 Å². The molecule has 0 bridgehead atoms. The van der Waals surface area contributed by atoms with Crippen LogP contribution >= 0.6 is 0 Å². The van der Waals surface area contributed by atoms with E-state index in [-0.39, 0.29) is 6.04 Å².